The van der Waals surface area contributed by atoms with Gasteiger partial charge in [-0.1, -0.05) is 29.9 Å². The first-order valence-electron chi connectivity index (χ1n) is 6.44. The summed E-state index contributed by atoms with van der Waals surface area (Å²) in [7, 11) is 0. The second kappa shape index (κ2) is 12.1. The van der Waals surface area contributed by atoms with Gasteiger partial charge in [-0.3, -0.25) is 4.79 Å². The third kappa shape index (κ3) is 9.85. The molecule has 0 atom stereocenters. The minimum absolute atomic E-state index is 0.0736. The second-order valence-electron chi connectivity index (χ2n) is 3.91. The number of hydrogen-bond acceptors (Lipinski definition) is 3. The molecule has 0 aliphatic heterocycles. The summed E-state index contributed by atoms with van der Waals surface area (Å²) in [6.45, 7) is 6.05. The highest BCUT2D eigenvalue weighted by molar-refractivity contribution is 5.69. The number of hydrogen-bond donors (Lipinski definition) is 1. The van der Waals surface area contributed by atoms with E-state index in [1.165, 1.54) is 5.57 Å². The maximum atomic E-state index is 11.1. The van der Waals surface area contributed by atoms with E-state index in [1.54, 1.807) is 6.08 Å². The van der Waals surface area contributed by atoms with Crippen molar-refractivity contribution < 1.29 is 14.6 Å². The van der Waals surface area contributed by atoms with Crippen molar-refractivity contribution >= 4 is 5.97 Å². The van der Waals surface area contributed by atoms with E-state index in [-0.39, 0.29) is 12.6 Å². The molecule has 0 aromatic heterocycles. The lowest BCUT2D eigenvalue weighted by molar-refractivity contribution is -0.143. The van der Waals surface area contributed by atoms with E-state index >= 15 is 0 Å². The minimum Gasteiger partial charge on any atom is -0.466 e. The molecular formula is C15H24O3. The van der Waals surface area contributed by atoms with Crippen LogP contribution in [-0.2, 0) is 9.53 Å². The average Bonchev–Trinajstić information content (AvgIpc) is 2.35. The zero-order valence-electron chi connectivity index (χ0n) is 11.2. The highest BCUT2D eigenvalue weighted by atomic mass is 16.5. The first-order chi connectivity index (χ1) is 8.74. The monoisotopic (exact) mass is 252 g/mol. The van der Waals surface area contributed by atoms with Gasteiger partial charge in [0.25, 0.3) is 0 Å². The summed E-state index contributed by atoms with van der Waals surface area (Å²) in [5.74, 6) is -0.128. The molecular weight excluding hydrogens is 228 g/mol. The van der Waals surface area contributed by atoms with E-state index in [0.717, 1.165) is 25.7 Å². The standard InChI is InChI=1S/C15H24O3/c1-3-9-14(11-7-8-13-16)10-5-6-12-15(17)18-4-2/h3,7-8,10,16H,1,4-6,9,11-13H2,2H3/b8-7+,14-10+. The van der Waals surface area contributed by atoms with Gasteiger partial charge < -0.3 is 9.84 Å². The number of esters is 1. The Bertz CT molecular complexity index is 290. The molecule has 3 nitrogen and oxygen atoms in total. The smallest absolute Gasteiger partial charge is 0.305 e. The highest BCUT2D eigenvalue weighted by Crippen LogP contribution is 2.11. The van der Waals surface area contributed by atoms with Gasteiger partial charge in [0.15, 0.2) is 0 Å². The van der Waals surface area contributed by atoms with Gasteiger partial charge in [-0.05, 0) is 32.6 Å². The van der Waals surface area contributed by atoms with E-state index in [1.807, 2.05) is 19.1 Å². The van der Waals surface area contributed by atoms with Crippen LogP contribution in [0, 0.1) is 0 Å². The Morgan fingerprint density at radius 2 is 2.11 bits per heavy atom. The van der Waals surface area contributed by atoms with Gasteiger partial charge in [0.2, 0.25) is 0 Å². The van der Waals surface area contributed by atoms with Gasteiger partial charge in [-0.15, -0.1) is 6.58 Å². The summed E-state index contributed by atoms with van der Waals surface area (Å²) in [5.41, 5.74) is 1.26. The molecule has 0 amide bonds. The van der Waals surface area contributed by atoms with Gasteiger partial charge >= 0.3 is 5.97 Å². The van der Waals surface area contributed by atoms with Gasteiger partial charge in [0.1, 0.15) is 0 Å². The molecule has 0 aromatic carbocycles. The molecule has 0 heterocycles. The number of rotatable bonds is 10. The summed E-state index contributed by atoms with van der Waals surface area (Å²) in [6.07, 6.45) is 11.5. The topological polar surface area (TPSA) is 46.5 Å². The van der Waals surface area contributed by atoms with E-state index < -0.39 is 0 Å². The molecule has 0 rings (SSSR count). The van der Waals surface area contributed by atoms with E-state index in [2.05, 4.69) is 12.7 Å². The lowest BCUT2D eigenvalue weighted by Gasteiger charge is -2.02. The first-order valence-corrected chi connectivity index (χ1v) is 6.44. The van der Waals surface area contributed by atoms with Gasteiger partial charge in [-0.2, -0.15) is 0 Å². The normalized spacial score (nSPS) is 11.8. The van der Waals surface area contributed by atoms with Gasteiger partial charge in [0, 0.05) is 6.42 Å². The molecule has 0 aromatic rings. The van der Waals surface area contributed by atoms with Crippen molar-refractivity contribution in [2.24, 2.45) is 0 Å². The molecule has 0 radical (unpaired) electrons. The molecule has 18 heavy (non-hydrogen) atoms. The summed E-state index contributed by atoms with van der Waals surface area (Å²) in [4.78, 5) is 11.1. The predicted molar refractivity (Wildman–Crippen MR) is 74.2 cm³/mol. The Balaban J connectivity index is 3.95. The van der Waals surface area contributed by atoms with Crippen LogP contribution >= 0.6 is 0 Å². The molecule has 0 saturated heterocycles. The molecule has 3 heteroatoms. The zero-order valence-corrected chi connectivity index (χ0v) is 11.2. The maximum Gasteiger partial charge on any atom is 0.305 e. The Morgan fingerprint density at radius 3 is 2.72 bits per heavy atom. The van der Waals surface area contributed by atoms with E-state index in [4.69, 9.17) is 9.84 Å². The highest BCUT2D eigenvalue weighted by Gasteiger charge is 2.00. The number of carbonyl (C=O) groups is 1. The number of allylic oxidation sites excluding steroid dienone is 4. The maximum absolute atomic E-state index is 11.1. The van der Waals surface area contributed by atoms with Crippen LogP contribution < -0.4 is 0 Å². The van der Waals surface area contributed by atoms with Crippen molar-refractivity contribution in [3.8, 4) is 0 Å². The number of unbranched alkanes of at least 4 members (excludes halogenated alkanes) is 1. The van der Waals surface area contributed by atoms with Gasteiger partial charge in [-0.25, -0.2) is 0 Å². The first kappa shape index (κ1) is 16.6. The lowest BCUT2D eigenvalue weighted by Crippen LogP contribution is -2.02. The third-order valence-electron chi connectivity index (χ3n) is 2.38. The van der Waals surface area contributed by atoms with Crippen LogP contribution in [0.2, 0.25) is 0 Å². The minimum atomic E-state index is -0.128. The molecule has 1 N–H and O–H groups in total. The van der Waals surface area contributed by atoms with Crippen molar-refractivity contribution in [3.05, 3.63) is 36.5 Å². The molecule has 0 saturated carbocycles. The van der Waals surface area contributed by atoms with Crippen LogP contribution in [0.25, 0.3) is 0 Å². The number of aliphatic hydroxyl groups excluding tert-OH is 1. The Morgan fingerprint density at radius 1 is 1.33 bits per heavy atom. The molecule has 102 valence electrons. The Labute approximate surface area is 110 Å². The van der Waals surface area contributed by atoms with Crippen LogP contribution in [0.3, 0.4) is 0 Å². The van der Waals surface area contributed by atoms with Crippen LogP contribution in [0.4, 0.5) is 0 Å². The van der Waals surface area contributed by atoms with E-state index in [9.17, 15) is 4.79 Å². The van der Waals surface area contributed by atoms with Crippen LogP contribution in [-0.4, -0.2) is 24.3 Å². The second-order valence-corrected chi connectivity index (χ2v) is 3.91. The fraction of sp³-hybridized carbons (Fsp3) is 0.533. The molecule has 0 spiro atoms. The van der Waals surface area contributed by atoms with Crippen LogP contribution in [0.1, 0.15) is 39.0 Å². The Hall–Kier alpha value is -1.35. The number of aliphatic hydroxyl groups is 1. The number of ether oxygens (including phenoxy) is 1. The Kier molecular flexibility index (Phi) is 11.2. The summed E-state index contributed by atoms with van der Waals surface area (Å²) in [6, 6.07) is 0. The number of carbonyl (C=O) groups excluding carboxylic acids is 1. The molecule has 0 aliphatic rings. The van der Waals surface area contributed by atoms with Crippen molar-refractivity contribution in [1.82, 2.24) is 0 Å². The summed E-state index contributed by atoms with van der Waals surface area (Å²) < 4.78 is 4.86. The fourth-order valence-corrected chi connectivity index (χ4v) is 1.53. The zero-order chi connectivity index (χ0) is 13.6. The quantitative estimate of drug-likeness (QED) is 0.369. The summed E-state index contributed by atoms with van der Waals surface area (Å²) in [5, 5.41) is 8.66. The van der Waals surface area contributed by atoms with Crippen LogP contribution in [0.5, 0.6) is 0 Å². The van der Waals surface area contributed by atoms with Crippen molar-refractivity contribution in [1.29, 1.82) is 0 Å². The average molecular weight is 252 g/mol. The van der Waals surface area contributed by atoms with Crippen molar-refractivity contribution in [2.75, 3.05) is 13.2 Å². The molecule has 0 unspecified atom stereocenters. The van der Waals surface area contributed by atoms with Crippen molar-refractivity contribution in [2.45, 2.75) is 39.0 Å². The SMILES string of the molecule is C=CC/C(=C\CCCC(=O)OCC)C/C=C/CO. The molecule has 0 aliphatic carbocycles. The van der Waals surface area contributed by atoms with E-state index in [0.29, 0.717) is 13.0 Å². The van der Waals surface area contributed by atoms with Crippen LogP contribution in [0.15, 0.2) is 36.5 Å². The van der Waals surface area contributed by atoms with Gasteiger partial charge in [0.05, 0.1) is 13.2 Å². The molecule has 0 bridgehead atoms. The largest absolute Gasteiger partial charge is 0.466 e. The predicted octanol–water partition coefficient (Wildman–Crippen LogP) is 3.16. The lowest BCUT2D eigenvalue weighted by atomic mass is 10.1. The summed E-state index contributed by atoms with van der Waals surface area (Å²) >= 11 is 0. The van der Waals surface area contributed by atoms with Crippen molar-refractivity contribution in [3.63, 3.8) is 0 Å². The third-order valence-corrected chi connectivity index (χ3v) is 2.38. The molecule has 0 fully saturated rings. The fourth-order valence-electron chi connectivity index (χ4n) is 1.53.